The number of rotatable bonds is 5. The van der Waals surface area contributed by atoms with Crippen molar-refractivity contribution in [3.63, 3.8) is 0 Å². The molecular formula is C13H17NO4. The summed E-state index contributed by atoms with van der Waals surface area (Å²) >= 11 is 0. The molecule has 1 aromatic rings. The van der Waals surface area contributed by atoms with E-state index in [2.05, 4.69) is 0 Å². The van der Waals surface area contributed by atoms with Gasteiger partial charge in [-0.25, -0.2) is 0 Å². The van der Waals surface area contributed by atoms with Gasteiger partial charge in [0.25, 0.3) is 0 Å². The summed E-state index contributed by atoms with van der Waals surface area (Å²) in [6.07, 6.45) is 3.42. The van der Waals surface area contributed by atoms with Gasteiger partial charge < -0.3 is 20.3 Å². The highest BCUT2D eigenvalue weighted by atomic mass is 16.5. The number of nitrogens with two attached hydrogens (primary N) is 1. The second kappa shape index (κ2) is 6.66. The van der Waals surface area contributed by atoms with Crippen molar-refractivity contribution in [1.29, 1.82) is 0 Å². The number of carbonyl (C=O) groups excluding carboxylic acids is 1. The van der Waals surface area contributed by atoms with Crippen LogP contribution in [0, 0.1) is 0 Å². The van der Waals surface area contributed by atoms with Crippen molar-refractivity contribution in [3.8, 4) is 11.5 Å². The molecule has 3 N–H and O–H groups in total. The first kappa shape index (κ1) is 14.1. The lowest BCUT2D eigenvalue weighted by Crippen LogP contribution is -2.28. The zero-order valence-corrected chi connectivity index (χ0v) is 10.4. The van der Waals surface area contributed by atoms with Gasteiger partial charge in [0.05, 0.1) is 7.11 Å². The Balaban J connectivity index is 2.59. The standard InChI is InChI=1S/C13H17NO4/c1-9(14)13(16)18-7-3-4-10-5-6-11(15)8-12(10)17-2/h3-6,8-9,15H,7,14H2,1-2H3/t9-/m0/s1. The maximum Gasteiger partial charge on any atom is 0.322 e. The van der Waals surface area contributed by atoms with Gasteiger partial charge in [-0.3, -0.25) is 4.79 Å². The van der Waals surface area contributed by atoms with Crippen molar-refractivity contribution in [3.05, 3.63) is 29.8 Å². The van der Waals surface area contributed by atoms with Crippen molar-refractivity contribution in [2.24, 2.45) is 5.73 Å². The molecule has 1 aromatic carbocycles. The Kier molecular flexibility index (Phi) is 5.20. The van der Waals surface area contributed by atoms with Gasteiger partial charge in [-0.2, -0.15) is 0 Å². The highest BCUT2D eigenvalue weighted by molar-refractivity contribution is 5.75. The molecule has 0 spiro atoms. The highest BCUT2D eigenvalue weighted by Crippen LogP contribution is 2.24. The van der Waals surface area contributed by atoms with E-state index in [0.717, 1.165) is 5.56 Å². The molecule has 1 atom stereocenters. The Hall–Kier alpha value is -2.01. The molecule has 0 aliphatic carbocycles. The summed E-state index contributed by atoms with van der Waals surface area (Å²) in [4.78, 5) is 11.1. The maximum absolute atomic E-state index is 11.1. The average molecular weight is 251 g/mol. The number of ether oxygens (including phenoxy) is 2. The number of methoxy groups -OCH3 is 1. The van der Waals surface area contributed by atoms with Gasteiger partial charge >= 0.3 is 5.97 Å². The van der Waals surface area contributed by atoms with E-state index in [0.29, 0.717) is 5.75 Å². The molecule has 0 saturated carbocycles. The molecule has 5 heteroatoms. The smallest absolute Gasteiger partial charge is 0.322 e. The van der Waals surface area contributed by atoms with Gasteiger partial charge in [-0.1, -0.05) is 6.08 Å². The van der Waals surface area contributed by atoms with E-state index >= 15 is 0 Å². The van der Waals surface area contributed by atoms with E-state index in [-0.39, 0.29) is 12.4 Å². The topological polar surface area (TPSA) is 81.8 Å². The Bertz CT molecular complexity index is 441. The lowest BCUT2D eigenvalue weighted by molar-refractivity contribution is -0.143. The fourth-order valence-corrected chi connectivity index (χ4v) is 1.27. The van der Waals surface area contributed by atoms with Crippen LogP contribution in [-0.2, 0) is 9.53 Å². The summed E-state index contributed by atoms with van der Waals surface area (Å²) in [6.45, 7) is 1.71. The first-order valence-electron chi connectivity index (χ1n) is 5.50. The molecule has 1 rings (SSSR count). The molecule has 0 bridgehead atoms. The number of phenols is 1. The van der Waals surface area contributed by atoms with Crippen molar-refractivity contribution in [2.75, 3.05) is 13.7 Å². The molecule has 0 saturated heterocycles. The predicted molar refractivity (Wildman–Crippen MR) is 68.3 cm³/mol. The molecule has 0 heterocycles. The monoisotopic (exact) mass is 251 g/mol. The molecule has 0 amide bonds. The van der Waals surface area contributed by atoms with Crippen LogP contribution in [-0.4, -0.2) is 30.8 Å². The van der Waals surface area contributed by atoms with Crippen molar-refractivity contribution < 1.29 is 19.4 Å². The van der Waals surface area contributed by atoms with Crippen molar-refractivity contribution in [1.82, 2.24) is 0 Å². The highest BCUT2D eigenvalue weighted by Gasteiger charge is 2.06. The zero-order valence-electron chi connectivity index (χ0n) is 10.4. The minimum Gasteiger partial charge on any atom is -0.508 e. The van der Waals surface area contributed by atoms with Crippen LogP contribution in [0.2, 0.25) is 0 Å². The van der Waals surface area contributed by atoms with Gasteiger partial charge in [0, 0.05) is 11.6 Å². The largest absolute Gasteiger partial charge is 0.508 e. The minimum atomic E-state index is -0.624. The summed E-state index contributed by atoms with van der Waals surface area (Å²) in [7, 11) is 1.52. The number of phenolic OH excluding ortho intramolecular Hbond substituents is 1. The minimum absolute atomic E-state index is 0.132. The Morgan fingerprint density at radius 2 is 2.28 bits per heavy atom. The zero-order chi connectivity index (χ0) is 13.5. The number of carbonyl (C=O) groups is 1. The summed E-state index contributed by atoms with van der Waals surface area (Å²) in [6, 6.07) is 4.14. The van der Waals surface area contributed by atoms with Gasteiger partial charge in [0.1, 0.15) is 24.1 Å². The Morgan fingerprint density at radius 3 is 2.89 bits per heavy atom. The fraction of sp³-hybridized carbons (Fsp3) is 0.308. The lowest BCUT2D eigenvalue weighted by Gasteiger charge is -2.06. The maximum atomic E-state index is 11.1. The molecular weight excluding hydrogens is 234 g/mol. The van der Waals surface area contributed by atoms with Crippen LogP contribution in [0.4, 0.5) is 0 Å². The summed E-state index contributed by atoms with van der Waals surface area (Å²) in [5.41, 5.74) is 6.13. The molecule has 0 radical (unpaired) electrons. The first-order valence-corrected chi connectivity index (χ1v) is 5.50. The van der Waals surface area contributed by atoms with Crippen LogP contribution in [0.5, 0.6) is 11.5 Å². The molecule has 98 valence electrons. The summed E-state index contributed by atoms with van der Waals surface area (Å²) in [5, 5.41) is 9.29. The fourth-order valence-electron chi connectivity index (χ4n) is 1.27. The Labute approximate surface area is 106 Å². The van der Waals surface area contributed by atoms with E-state index in [1.165, 1.54) is 13.2 Å². The van der Waals surface area contributed by atoms with E-state index in [9.17, 15) is 9.90 Å². The number of esters is 1. The quantitative estimate of drug-likeness (QED) is 0.771. The van der Waals surface area contributed by atoms with E-state index < -0.39 is 12.0 Å². The summed E-state index contributed by atoms with van der Waals surface area (Å²) in [5.74, 6) is 0.231. The molecule has 0 aliphatic rings. The van der Waals surface area contributed by atoms with Gasteiger partial charge in [0.15, 0.2) is 0 Å². The first-order chi connectivity index (χ1) is 8.54. The Morgan fingerprint density at radius 1 is 1.56 bits per heavy atom. The third-order valence-corrected chi connectivity index (χ3v) is 2.21. The van der Waals surface area contributed by atoms with Crippen LogP contribution in [0.25, 0.3) is 6.08 Å². The van der Waals surface area contributed by atoms with Crippen LogP contribution >= 0.6 is 0 Å². The second-order valence-corrected chi connectivity index (χ2v) is 3.75. The normalized spacial score (nSPS) is 12.4. The number of aromatic hydroxyl groups is 1. The molecule has 18 heavy (non-hydrogen) atoms. The van der Waals surface area contributed by atoms with Crippen LogP contribution in [0.1, 0.15) is 12.5 Å². The molecule has 0 fully saturated rings. The second-order valence-electron chi connectivity index (χ2n) is 3.75. The summed E-state index contributed by atoms with van der Waals surface area (Å²) < 4.78 is 9.98. The predicted octanol–water partition coefficient (Wildman–Crippen LogP) is 1.30. The van der Waals surface area contributed by atoms with E-state index in [1.807, 2.05) is 0 Å². The molecule has 0 unspecified atom stereocenters. The lowest BCUT2D eigenvalue weighted by atomic mass is 10.2. The molecule has 0 aromatic heterocycles. The van der Waals surface area contributed by atoms with Gasteiger partial charge in [-0.05, 0) is 25.1 Å². The van der Waals surface area contributed by atoms with Crippen molar-refractivity contribution >= 4 is 12.0 Å². The van der Waals surface area contributed by atoms with E-state index in [4.69, 9.17) is 15.2 Å². The van der Waals surface area contributed by atoms with Gasteiger partial charge in [-0.15, -0.1) is 0 Å². The third kappa shape index (κ3) is 4.10. The SMILES string of the molecule is COc1cc(O)ccc1C=CCOC(=O)[C@H](C)N. The number of benzene rings is 1. The van der Waals surface area contributed by atoms with Crippen LogP contribution in [0.15, 0.2) is 24.3 Å². The van der Waals surface area contributed by atoms with Crippen molar-refractivity contribution in [2.45, 2.75) is 13.0 Å². The number of hydrogen-bond acceptors (Lipinski definition) is 5. The molecule has 5 nitrogen and oxygen atoms in total. The number of hydrogen-bond donors (Lipinski definition) is 2. The van der Waals surface area contributed by atoms with E-state index in [1.54, 1.807) is 31.2 Å². The van der Waals surface area contributed by atoms with Crippen LogP contribution in [0.3, 0.4) is 0 Å². The third-order valence-electron chi connectivity index (χ3n) is 2.21. The van der Waals surface area contributed by atoms with Crippen LogP contribution < -0.4 is 10.5 Å². The average Bonchev–Trinajstić information content (AvgIpc) is 2.35. The van der Waals surface area contributed by atoms with Gasteiger partial charge in [0.2, 0.25) is 0 Å². The molecule has 0 aliphatic heterocycles.